The van der Waals surface area contributed by atoms with Gasteiger partial charge >= 0.3 is 0 Å². The van der Waals surface area contributed by atoms with Crippen molar-refractivity contribution in [1.29, 1.82) is 0 Å². The molecule has 2 aromatic heterocycles. The fourth-order valence-electron chi connectivity index (χ4n) is 3.18. The molecule has 0 aliphatic rings. The maximum Gasteiger partial charge on any atom is 0.165 e. The zero-order valence-electron chi connectivity index (χ0n) is 15.5. The molecule has 0 spiro atoms. The van der Waals surface area contributed by atoms with E-state index in [1.807, 2.05) is 24.4 Å². The van der Waals surface area contributed by atoms with Gasteiger partial charge in [0.1, 0.15) is 5.82 Å². The van der Waals surface area contributed by atoms with Crippen molar-refractivity contribution in [3.63, 3.8) is 0 Å². The Morgan fingerprint density at radius 3 is 2.08 bits per heavy atom. The van der Waals surface area contributed by atoms with Gasteiger partial charge in [-0.2, -0.15) is 9.61 Å². The molecule has 0 bridgehead atoms. The van der Waals surface area contributed by atoms with Crippen LogP contribution < -0.4 is 5.32 Å². The Morgan fingerprint density at radius 1 is 0.808 bits per heavy atom. The molecule has 4 aromatic rings. The lowest BCUT2D eigenvalue weighted by molar-refractivity contribution is 0.917. The molecule has 1 N–H and O–H groups in total. The predicted molar refractivity (Wildman–Crippen MR) is 107 cm³/mol. The molecule has 4 heteroatoms. The topological polar surface area (TPSA) is 42.2 Å². The molecule has 0 unspecified atom stereocenters. The van der Waals surface area contributed by atoms with Gasteiger partial charge in [-0.15, -0.1) is 0 Å². The van der Waals surface area contributed by atoms with Gasteiger partial charge in [0, 0.05) is 23.0 Å². The number of hydrogen-bond donors (Lipinski definition) is 1. The van der Waals surface area contributed by atoms with Gasteiger partial charge in [-0.1, -0.05) is 47.5 Å². The number of hydrogen-bond acceptors (Lipinski definition) is 3. The van der Waals surface area contributed by atoms with E-state index in [4.69, 9.17) is 10.1 Å². The van der Waals surface area contributed by atoms with Gasteiger partial charge in [-0.05, 0) is 45.4 Å². The first-order valence-corrected chi connectivity index (χ1v) is 8.79. The number of nitrogens with zero attached hydrogens (tertiary/aromatic N) is 3. The summed E-state index contributed by atoms with van der Waals surface area (Å²) in [5.41, 5.74) is 8.55. The highest BCUT2D eigenvalue weighted by Crippen LogP contribution is 2.30. The summed E-state index contributed by atoms with van der Waals surface area (Å²) in [6.07, 6.45) is 0. The molecular weight excluding hydrogens is 320 g/mol. The fourth-order valence-corrected chi connectivity index (χ4v) is 3.18. The van der Waals surface area contributed by atoms with E-state index in [0.29, 0.717) is 0 Å². The van der Waals surface area contributed by atoms with Crippen molar-refractivity contribution < 1.29 is 0 Å². The van der Waals surface area contributed by atoms with E-state index in [9.17, 15) is 0 Å². The third-order valence-corrected chi connectivity index (χ3v) is 4.56. The number of benzene rings is 2. The molecule has 0 aliphatic carbocycles. The number of anilines is 2. The molecule has 4 rings (SSSR count). The molecule has 26 heavy (non-hydrogen) atoms. The Hall–Kier alpha value is -3.14. The summed E-state index contributed by atoms with van der Waals surface area (Å²) in [6, 6.07) is 18.9. The van der Waals surface area contributed by atoms with Crippen molar-refractivity contribution in [2.45, 2.75) is 27.7 Å². The fraction of sp³-hybridized carbons (Fsp3) is 0.182. The summed E-state index contributed by atoms with van der Waals surface area (Å²) in [5.74, 6) is 0.915. The van der Waals surface area contributed by atoms with Crippen molar-refractivity contribution >= 4 is 17.2 Å². The highest BCUT2D eigenvalue weighted by molar-refractivity contribution is 5.81. The monoisotopic (exact) mass is 342 g/mol. The average molecular weight is 342 g/mol. The first-order chi connectivity index (χ1) is 12.5. The van der Waals surface area contributed by atoms with Crippen LogP contribution >= 0.6 is 0 Å². The van der Waals surface area contributed by atoms with Crippen molar-refractivity contribution in [3.8, 4) is 11.1 Å². The Labute approximate surface area is 153 Å². The summed E-state index contributed by atoms with van der Waals surface area (Å²) in [7, 11) is 0. The van der Waals surface area contributed by atoms with Crippen LogP contribution in [0.1, 0.15) is 22.5 Å². The number of rotatable bonds is 3. The van der Waals surface area contributed by atoms with Gasteiger partial charge in [0.2, 0.25) is 0 Å². The second kappa shape index (κ2) is 6.30. The van der Waals surface area contributed by atoms with Crippen LogP contribution in [0.15, 0.2) is 54.6 Å². The van der Waals surface area contributed by atoms with Gasteiger partial charge in [0.15, 0.2) is 5.65 Å². The second-order valence-corrected chi connectivity index (χ2v) is 6.84. The number of fused-ring (bicyclic) bond motifs is 1. The largest absolute Gasteiger partial charge is 0.340 e. The molecule has 4 nitrogen and oxygen atoms in total. The first-order valence-electron chi connectivity index (χ1n) is 8.79. The molecule has 2 aromatic carbocycles. The van der Waals surface area contributed by atoms with E-state index in [0.717, 1.165) is 39.7 Å². The van der Waals surface area contributed by atoms with Crippen LogP contribution in [0.3, 0.4) is 0 Å². The van der Waals surface area contributed by atoms with Crippen LogP contribution in [0, 0.1) is 27.7 Å². The van der Waals surface area contributed by atoms with Crippen LogP contribution in [0.4, 0.5) is 11.5 Å². The summed E-state index contributed by atoms with van der Waals surface area (Å²) < 4.78 is 1.90. The second-order valence-electron chi connectivity index (χ2n) is 6.84. The third kappa shape index (κ3) is 2.94. The summed E-state index contributed by atoms with van der Waals surface area (Å²) in [4.78, 5) is 4.77. The van der Waals surface area contributed by atoms with Gasteiger partial charge in [-0.25, -0.2) is 4.98 Å². The van der Waals surface area contributed by atoms with E-state index in [-0.39, 0.29) is 0 Å². The minimum atomic E-state index is 0.876. The van der Waals surface area contributed by atoms with Crippen LogP contribution in [0.2, 0.25) is 0 Å². The number of aromatic nitrogens is 3. The van der Waals surface area contributed by atoms with Crippen molar-refractivity contribution in [3.05, 3.63) is 77.1 Å². The lowest BCUT2D eigenvalue weighted by Gasteiger charge is -2.10. The summed E-state index contributed by atoms with van der Waals surface area (Å²) in [5, 5.41) is 8.23. The van der Waals surface area contributed by atoms with Crippen LogP contribution in [0.5, 0.6) is 0 Å². The van der Waals surface area contributed by atoms with Crippen molar-refractivity contribution in [2.75, 3.05) is 5.32 Å². The molecule has 0 amide bonds. The lowest BCUT2D eigenvalue weighted by Crippen LogP contribution is -2.02. The quantitative estimate of drug-likeness (QED) is 0.544. The van der Waals surface area contributed by atoms with Crippen LogP contribution in [-0.4, -0.2) is 14.6 Å². The van der Waals surface area contributed by atoms with Gasteiger partial charge in [-0.3, -0.25) is 0 Å². The van der Waals surface area contributed by atoms with Crippen molar-refractivity contribution in [2.24, 2.45) is 0 Å². The number of aryl methyl sites for hydroxylation is 4. The lowest BCUT2D eigenvalue weighted by atomic mass is 10.0. The maximum atomic E-state index is 4.77. The van der Waals surface area contributed by atoms with Gasteiger partial charge < -0.3 is 5.32 Å². The molecule has 0 atom stereocenters. The van der Waals surface area contributed by atoms with E-state index < -0.39 is 0 Å². The molecule has 2 heterocycles. The highest BCUT2D eigenvalue weighted by atomic mass is 15.3. The Balaban J connectivity index is 1.86. The maximum absolute atomic E-state index is 4.77. The highest BCUT2D eigenvalue weighted by Gasteiger charge is 2.16. The molecule has 0 aliphatic heterocycles. The SMILES string of the molecule is Cc1ccc(Nc2cc(C)nc3c(-c4ccc(C)cc4)c(C)nn23)cc1. The predicted octanol–water partition coefficient (Wildman–Crippen LogP) is 5.37. The van der Waals surface area contributed by atoms with Gasteiger partial charge in [0.25, 0.3) is 0 Å². The van der Waals surface area contributed by atoms with Crippen molar-refractivity contribution in [1.82, 2.24) is 14.6 Å². The third-order valence-electron chi connectivity index (χ3n) is 4.56. The minimum Gasteiger partial charge on any atom is -0.340 e. The molecule has 130 valence electrons. The molecule has 0 fully saturated rings. The average Bonchev–Trinajstić information content (AvgIpc) is 2.94. The van der Waals surface area contributed by atoms with E-state index in [1.165, 1.54) is 11.1 Å². The van der Waals surface area contributed by atoms with Crippen LogP contribution in [-0.2, 0) is 0 Å². The standard InChI is InChI=1S/C22H22N4/c1-14-5-9-18(10-6-14)21-17(4)25-26-20(13-16(3)23-22(21)26)24-19-11-7-15(2)8-12-19/h5-13,24H,1-4H3. The Kier molecular flexibility index (Phi) is 3.96. The zero-order chi connectivity index (χ0) is 18.3. The normalized spacial score (nSPS) is 11.1. The summed E-state index contributed by atoms with van der Waals surface area (Å²) in [6.45, 7) is 8.23. The minimum absolute atomic E-state index is 0.876. The van der Waals surface area contributed by atoms with E-state index in [1.54, 1.807) is 0 Å². The summed E-state index contributed by atoms with van der Waals surface area (Å²) >= 11 is 0. The van der Waals surface area contributed by atoms with Gasteiger partial charge in [0.05, 0.1) is 5.69 Å². The molecule has 0 saturated carbocycles. The van der Waals surface area contributed by atoms with Crippen LogP contribution in [0.25, 0.3) is 16.8 Å². The Bertz CT molecular complexity index is 1070. The zero-order valence-corrected chi connectivity index (χ0v) is 15.5. The van der Waals surface area contributed by atoms with E-state index in [2.05, 4.69) is 67.7 Å². The first kappa shape index (κ1) is 16.3. The van der Waals surface area contributed by atoms with E-state index >= 15 is 0 Å². The molecule has 0 radical (unpaired) electrons. The smallest absolute Gasteiger partial charge is 0.165 e. The molecular formula is C22H22N4. The Morgan fingerprint density at radius 2 is 1.42 bits per heavy atom. The number of nitrogens with one attached hydrogen (secondary N) is 1. The molecule has 0 saturated heterocycles.